The van der Waals surface area contributed by atoms with Gasteiger partial charge in [-0.25, -0.2) is 4.98 Å². The normalized spacial score (nSPS) is 11.2. The number of halogens is 1. The fourth-order valence-corrected chi connectivity index (χ4v) is 3.16. The largest absolute Gasteiger partial charge is 0.440 e. The maximum absolute atomic E-state index is 6.00. The molecule has 3 heterocycles. The third-order valence-corrected chi connectivity index (χ3v) is 4.43. The summed E-state index contributed by atoms with van der Waals surface area (Å²) < 4.78 is 7.72. The highest BCUT2D eigenvalue weighted by molar-refractivity contribution is 7.98. The molecule has 1 aromatic carbocycles. The Morgan fingerprint density at radius 2 is 2.09 bits per heavy atom. The van der Waals surface area contributed by atoms with Crippen molar-refractivity contribution in [2.75, 3.05) is 0 Å². The second kappa shape index (κ2) is 6.06. The molecule has 0 unspecified atom stereocenters. The van der Waals surface area contributed by atoms with Crippen LogP contribution in [0.15, 0.2) is 64.4 Å². The maximum atomic E-state index is 6.00. The van der Waals surface area contributed by atoms with Crippen LogP contribution >= 0.6 is 23.4 Å². The minimum Gasteiger partial charge on any atom is -0.440 e. The average molecular weight is 343 g/mol. The van der Waals surface area contributed by atoms with Crippen LogP contribution in [-0.4, -0.2) is 19.6 Å². The van der Waals surface area contributed by atoms with Gasteiger partial charge >= 0.3 is 0 Å². The highest BCUT2D eigenvalue weighted by Crippen LogP contribution is 2.26. The van der Waals surface area contributed by atoms with E-state index in [0.29, 0.717) is 22.4 Å². The predicted molar refractivity (Wildman–Crippen MR) is 89.5 cm³/mol. The minimum atomic E-state index is 0.580. The number of fused-ring (bicyclic) bond motifs is 1. The molecule has 0 amide bonds. The van der Waals surface area contributed by atoms with Crippen molar-refractivity contribution in [3.05, 3.63) is 65.8 Å². The molecule has 4 rings (SSSR count). The Hall–Kier alpha value is -2.31. The Labute approximate surface area is 141 Å². The lowest BCUT2D eigenvalue weighted by Crippen LogP contribution is -1.87. The molecule has 0 bridgehead atoms. The van der Waals surface area contributed by atoms with Crippen LogP contribution in [0.25, 0.3) is 17.0 Å². The number of hydrogen-bond donors (Lipinski definition) is 0. The standard InChI is InChI=1S/C16H11ClN4OS/c17-12-5-3-4-11(8-12)13-9-18-15(22-13)10-23-16-20-19-14-6-1-2-7-21(14)16/h1-9H,10H2. The van der Waals surface area contributed by atoms with Gasteiger partial charge in [0, 0.05) is 16.8 Å². The second-order valence-corrected chi connectivity index (χ2v) is 6.21. The van der Waals surface area contributed by atoms with E-state index >= 15 is 0 Å². The van der Waals surface area contributed by atoms with E-state index in [2.05, 4.69) is 15.2 Å². The Balaban J connectivity index is 1.52. The van der Waals surface area contributed by atoms with Crippen molar-refractivity contribution in [2.45, 2.75) is 10.9 Å². The number of oxazole rings is 1. The fourth-order valence-electron chi connectivity index (χ4n) is 2.20. The number of aromatic nitrogens is 4. The molecule has 4 aromatic rings. The summed E-state index contributed by atoms with van der Waals surface area (Å²) in [6, 6.07) is 13.3. The molecule has 0 atom stereocenters. The van der Waals surface area contributed by atoms with E-state index in [4.69, 9.17) is 16.0 Å². The molecule has 0 radical (unpaired) electrons. The van der Waals surface area contributed by atoms with Crippen molar-refractivity contribution in [3.63, 3.8) is 0 Å². The van der Waals surface area contributed by atoms with Gasteiger partial charge in [-0.3, -0.25) is 4.40 Å². The molecule has 0 aliphatic carbocycles. The van der Waals surface area contributed by atoms with Gasteiger partial charge in [-0.2, -0.15) is 0 Å². The summed E-state index contributed by atoms with van der Waals surface area (Å²) in [4.78, 5) is 4.31. The van der Waals surface area contributed by atoms with Gasteiger partial charge in [-0.15, -0.1) is 10.2 Å². The highest BCUT2D eigenvalue weighted by atomic mass is 35.5. The monoisotopic (exact) mass is 342 g/mol. The maximum Gasteiger partial charge on any atom is 0.205 e. The fraction of sp³-hybridized carbons (Fsp3) is 0.0625. The summed E-state index contributed by atoms with van der Waals surface area (Å²) in [7, 11) is 0. The first-order chi connectivity index (χ1) is 11.3. The number of nitrogens with zero attached hydrogens (tertiary/aromatic N) is 4. The molecule has 5 nitrogen and oxygen atoms in total. The Morgan fingerprint density at radius 1 is 1.13 bits per heavy atom. The summed E-state index contributed by atoms with van der Waals surface area (Å²) in [5.41, 5.74) is 1.73. The lowest BCUT2D eigenvalue weighted by molar-refractivity contribution is 0.530. The van der Waals surface area contributed by atoms with Gasteiger partial charge in [0.15, 0.2) is 16.6 Å². The van der Waals surface area contributed by atoms with E-state index in [1.807, 2.05) is 53.1 Å². The third kappa shape index (κ3) is 2.95. The molecule has 0 N–H and O–H groups in total. The van der Waals surface area contributed by atoms with Crippen LogP contribution in [0.5, 0.6) is 0 Å². The number of hydrogen-bond acceptors (Lipinski definition) is 5. The van der Waals surface area contributed by atoms with Crippen LogP contribution in [0, 0.1) is 0 Å². The van der Waals surface area contributed by atoms with Crippen LogP contribution < -0.4 is 0 Å². The van der Waals surface area contributed by atoms with Gasteiger partial charge in [-0.05, 0) is 24.3 Å². The van der Waals surface area contributed by atoms with Crippen molar-refractivity contribution < 1.29 is 4.42 Å². The van der Waals surface area contributed by atoms with Crippen molar-refractivity contribution in [2.24, 2.45) is 0 Å². The summed E-state index contributed by atoms with van der Waals surface area (Å²) in [6.07, 6.45) is 3.65. The lowest BCUT2D eigenvalue weighted by atomic mass is 10.2. The summed E-state index contributed by atoms with van der Waals surface area (Å²) in [5.74, 6) is 1.92. The number of rotatable bonds is 4. The Morgan fingerprint density at radius 3 is 3.00 bits per heavy atom. The first-order valence-electron chi connectivity index (χ1n) is 6.93. The van der Waals surface area contributed by atoms with Gasteiger partial charge in [0.1, 0.15) is 0 Å². The molecule has 0 aliphatic rings. The third-order valence-electron chi connectivity index (χ3n) is 3.27. The smallest absolute Gasteiger partial charge is 0.205 e. The van der Waals surface area contributed by atoms with Gasteiger partial charge in [0.25, 0.3) is 0 Å². The van der Waals surface area contributed by atoms with Crippen LogP contribution in [-0.2, 0) is 5.75 Å². The predicted octanol–water partition coefficient (Wildman–Crippen LogP) is 4.33. The number of thioether (sulfide) groups is 1. The van der Waals surface area contributed by atoms with Crippen molar-refractivity contribution in [1.29, 1.82) is 0 Å². The van der Waals surface area contributed by atoms with E-state index < -0.39 is 0 Å². The topological polar surface area (TPSA) is 56.2 Å². The van der Waals surface area contributed by atoms with E-state index in [1.165, 1.54) is 11.8 Å². The Kier molecular flexibility index (Phi) is 3.77. The molecule has 0 fully saturated rings. The van der Waals surface area contributed by atoms with E-state index in [1.54, 1.807) is 6.20 Å². The number of benzene rings is 1. The first kappa shape index (κ1) is 14.3. The summed E-state index contributed by atoms with van der Waals surface area (Å²) in [6.45, 7) is 0. The summed E-state index contributed by atoms with van der Waals surface area (Å²) in [5, 5.41) is 9.78. The van der Waals surface area contributed by atoms with Crippen LogP contribution in [0.4, 0.5) is 0 Å². The van der Waals surface area contributed by atoms with Gasteiger partial charge in [0.2, 0.25) is 5.89 Å². The molecule has 0 spiro atoms. The molecule has 0 aliphatic heterocycles. The van der Waals surface area contributed by atoms with Crippen LogP contribution in [0.2, 0.25) is 5.02 Å². The van der Waals surface area contributed by atoms with E-state index in [9.17, 15) is 0 Å². The average Bonchev–Trinajstić information content (AvgIpc) is 3.20. The first-order valence-corrected chi connectivity index (χ1v) is 8.29. The molecule has 3 aromatic heterocycles. The quantitative estimate of drug-likeness (QED) is 0.517. The minimum absolute atomic E-state index is 0.580. The molecular formula is C16H11ClN4OS. The lowest BCUT2D eigenvalue weighted by Gasteiger charge is -1.98. The molecule has 0 saturated carbocycles. The van der Waals surface area contributed by atoms with Gasteiger partial charge in [-0.1, -0.05) is 41.6 Å². The van der Waals surface area contributed by atoms with Crippen molar-refractivity contribution in [3.8, 4) is 11.3 Å². The molecule has 0 saturated heterocycles. The second-order valence-electron chi connectivity index (χ2n) is 4.83. The zero-order chi connectivity index (χ0) is 15.6. The summed E-state index contributed by atoms with van der Waals surface area (Å²) >= 11 is 7.53. The van der Waals surface area contributed by atoms with Gasteiger partial charge in [0.05, 0.1) is 11.9 Å². The molecular weight excluding hydrogens is 332 g/mol. The molecule has 7 heteroatoms. The SMILES string of the molecule is Clc1cccc(-c2cnc(CSc3nnc4ccccn34)o2)c1. The molecule has 114 valence electrons. The van der Waals surface area contributed by atoms with E-state index in [-0.39, 0.29) is 0 Å². The van der Waals surface area contributed by atoms with Crippen molar-refractivity contribution in [1.82, 2.24) is 19.6 Å². The van der Waals surface area contributed by atoms with Gasteiger partial charge < -0.3 is 4.42 Å². The molecule has 23 heavy (non-hydrogen) atoms. The van der Waals surface area contributed by atoms with Crippen LogP contribution in [0.3, 0.4) is 0 Å². The zero-order valence-electron chi connectivity index (χ0n) is 11.9. The Bertz CT molecular complexity index is 965. The van der Waals surface area contributed by atoms with Crippen molar-refractivity contribution >= 4 is 29.0 Å². The van der Waals surface area contributed by atoms with Crippen LogP contribution in [0.1, 0.15) is 5.89 Å². The zero-order valence-corrected chi connectivity index (χ0v) is 13.5. The van der Waals surface area contributed by atoms with E-state index in [0.717, 1.165) is 16.4 Å². The number of pyridine rings is 1. The highest BCUT2D eigenvalue weighted by Gasteiger charge is 2.10.